The minimum Gasteiger partial charge on any atom is -0.489 e. The molecule has 1 aromatic heterocycles. The Labute approximate surface area is 218 Å². The van der Waals surface area contributed by atoms with E-state index in [4.69, 9.17) is 15.5 Å². The molecule has 1 saturated heterocycles. The van der Waals surface area contributed by atoms with E-state index in [2.05, 4.69) is 63.7 Å². The van der Waals surface area contributed by atoms with Crippen molar-refractivity contribution in [2.75, 3.05) is 36.8 Å². The van der Waals surface area contributed by atoms with Gasteiger partial charge in [-0.25, -0.2) is 9.97 Å². The summed E-state index contributed by atoms with van der Waals surface area (Å²) in [5, 5.41) is 5.78. The Bertz CT molecular complexity index is 1410. The number of nitrogens with two attached hydrogens (primary N) is 1. The van der Waals surface area contributed by atoms with Crippen LogP contribution in [0.25, 0.3) is 16.3 Å². The fraction of sp³-hybridized carbons (Fsp3) is 0.290. The van der Waals surface area contributed by atoms with Crippen LogP contribution >= 0.6 is 0 Å². The van der Waals surface area contributed by atoms with Crippen LogP contribution in [0.1, 0.15) is 36.0 Å². The highest BCUT2D eigenvalue weighted by atomic mass is 16.5. The quantitative estimate of drug-likeness (QED) is 0.374. The van der Waals surface area contributed by atoms with Crippen molar-refractivity contribution >= 4 is 28.0 Å². The molecule has 6 heteroatoms. The topological polar surface area (TPSA) is 76.3 Å². The van der Waals surface area contributed by atoms with E-state index in [-0.39, 0.29) is 0 Å². The molecule has 0 radical (unpaired) electrons. The van der Waals surface area contributed by atoms with Crippen molar-refractivity contribution in [3.63, 3.8) is 0 Å². The molecule has 0 bridgehead atoms. The monoisotopic (exact) mass is 491 g/mol. The number of nitrogens with zero attached hydrogens (tertiary/aromatic N) is 3. The second kappa shape index (κ2) is 10.6. The number of nitrogens with one attached hydrogen (secondary N) is 1. The van der Waals surface area contributed by atoms with Crippen LogP contribution in [-0.2, 0) is 6.61 Å². The van der Waals surface area contributed by atoms with Gasteiger partial charge in [0.25, 0.3) is 0 Å². The molecule has 6 rings (SSSR count). The van der Waals surface area contributed by atoms with Gasteiger partial charge in [-0.1, -0.05) is 54.6 Å². The lowest BCUT2D eigenvalue weighted by Crippen LogP contribution is -2.37. The molecular weight excluding hydrogens is 458 g/mol. The van der Waals surface area contributed by atoms with E-state index >= 15 is 0 Å². The van der Waals surface area contributed by atoms with E-state index in [1.807, 2.05) is 24.3 Å². The second-order valence-electron chi connectivity index (χ2n) is 10.0. The van der Waals surface area contributed by atoms with E-state index in [0.29, 0.717) is 18.3 Å². The van der Waals surface area contributed by atoms with Crippen molar-refractivity contribution in [1.29, 1.82) is 0 Å². The van der Waals surface area contributed by atoms with Crippen LogP contribution in [0.2, 0.25) is 0 Å². The summed E-state index contributed by atoms with van der Waals surface area (Å²) in [5.41, 5.74) is 10.9. The lowest BCUT2D eigenvalue weighted by Gasteiger charge is -2.31. The summed E-state index contributed by atoms with van der Waals surface area (Å²) in [6, 6.07) is 23.1. The molecule has 4 aromatic rings. The maximum absolute atomic E-state index is 6.50. The minimum absolute atomic E-state index is 0.540. The van der Waals surface area contributed by atoms with Crippen LogP contribution in [0.3, 0.4) is 0 Å². The Hall–Kier alpha value is -3.90. The fourth-order valence-electron chi connectivity index (χ4n) is 5.50. The number of nitrogen functional groups attached to an aromatic ring is 1. The summed E-state index contributed by atoms with van der Waals surface area (Å²) in [6.45, 7) is 4.69. The molecular formula is C31H33N5O. The molecule has 3 aromatic carbocycles. The summed E-state index contributed by atoms with van der Waals surface area (Å²) in [5.74, 6) is 3.04. The molecule has 37 heavy (non-hydrogen) atoms. The normalized spacial score (nSPS) is 16.2. The summed E-state index contributed by atoms with van der Waals surface area (Å²) >= 11 is 0. The van der Waals surface area contributed by atoms with E-state index in [9.17, 15) is 0 Å². The number of fused-ring (bicyclic) bond motifs is 2. The van der Waals surface area contributed by atoms with Gasteiger partial charge >= 0.3 is 0 Å². The SMILES string of the molecule is Nc1ncnc2c1C(c1ccc3cc(OCc4ccccc4)ccc3c1)=CCCN2CC1CCNCC1. The lowest BCUT2D eigenvalue weighted by molar-refractivity contribution is 0.306. The highest BCUT2D eigenvalue weighted by Gasteiger charge is 2.25. The van der Waals surface area contributed by atoms with Gasteiger partial charge in [-0.05, 0) is 83.9 Å². The van der Waals surface area contributed by atoms with Crippen molar-refractivity contribution in [3.05, 3.63) is 95.8 Å². The summed E-state index contributed by atoms with van der Waals surface area (Å²) in [6.07, 6.45) is 7.26. The van der Waals surface area contributed by atoms with E-state index in [1.165, 1.54) is 18.2 Å². The largest absolute Gasteiger partial charge is 0.489 e. The third-order valence-corrected chi connectivity index (χ3v) is 7.48. The molecule has 2 aliphatic rings. The van der Waals surface area contributed by atoms with Gasteiger partial charge in [-0.3, -0.25) is 0 Å². The lowest BCUT2D eigenvalue weighted by atomic mass is 9.95. The third kappa shape index (κ3) is 5.16. The summed E-state index contributed by atoms with van der Waals surface area (Å²) in [7, 11) is 0. The number of benzene rings is 3. The Balaban J connectivity index is 1.27. The van der Waals surface area contributed by atoms with Crippen LogP contribution in [0.15, 0.2) is 79.1 Å². The number of hydrogen-bond acceptors (Lipinski definition) is 6. The Morgan fingerprint density at radius 1 is 0.946 bits per heavy atom. The number of ether oxygens (including phenoxy) is 1. The molecule has 0 atom stereocenters. The summed E-state index contributed by atoms with van der Waals surface area (Å²) < 4.78 is 6.05. The standard InChI is InChI=1S/C31H33N5O/c32-30-29-28(7-4-16-36(31(29)35-21-34-30)19-22-12-14-33-15-13-22)26-9-8-25-18-27(11-10-24(25)17-26)37-20-23-5-2-1-3-6-23/h1-3,5-11,17-18,21-22,33H,4,12-16,19-20H2,(H2,32,34,35). The maximum atomic E-state index is 6.50. The van der Waals surface area contributed by atoms with Crippen molar-refractivity contribution in [3.8, 4) is 5.75 Å². The zero-order valence-corrected chi connectivity index (χ0v) is 21.1. The van der Waals surface area contributed by atoms with Crippen molar-refractivity contribution in [2.24, 2.45) is 5.92 Å². The molecule has 6 nitrogen and oxygen atoms in total. The van der Waals surface area contributed by atoms with Crippen LogP contribution in [0.5, 0.6) is 5.75 Å². The number of hydrogen-bond donors (Lipinski definition) is 2. The first-order valence-corrected chi connectivity index (χ1v) is 13.2. The van der Waals surface area contributed by atoms with Gasteiger partial charge in [0.1, 0.15) is 30.3 Å². The zero-order chi connectivity index (χ0) is 25.0. The average Bonchev–Trinajstić information content (AvgIpc) is 3.13. The second-order valence-corrected chi connectivity index (χ2v) is 10.0. The van der Waals surface area contributed by atoms with Crippen LogP contribution in [0, 0.1) is 5.92 Å². The number of piperidine rings is 1. The molecule has 0 amide bonds. The van der Waals surface area contributed by atoms with Gasteiger partial charge in [0, 0.05) is 13.1 Å². The molecule has 0 aliphatic carbocycles. The maximum Gasteiger partial charge on any atom is 0.142 e. The van der Waals surface area contributed by atoms with Crippen LogP contribution < -0.4 is 20.7 Å². The average molecular weight is 492 g/mol. The number of rotatable bonds is 6. The predicted molar refractivity (Wildman–Crippen MR) is 151 cm³/mol. The molecule has 1 fully saturated rings. The molecule has 3 N–H and O–H groups in total. The van der Waals surface area contributed by atoms with Gasteiger partial charge in [-0.2, -0.15) is 0 Å². The number of anilines is 2. The third-order valence-electron chi connectivity index (χ3n) is 7.48. The zero-order valence-electron chi connectivity index (χ0n) is 21.1. The first-order chi connectivity index (χ1) is 18.2. The highest BCUT2D eigenvalue weighted by molar-refractivity contribution is 5.94. The number of aromatic nitrogens is 2. The van der Waals surface area contributed by atoms with Gasteiger partial charge in [0.05, 0.1) is 5.56 Å². The Kier molecular flexibility index (Phi) is 6.74. The predicted octanol–water partition coefficient (Wildman–Crippen LogP) is 5.43. The van der Waals surface area contributed by atoms with E-state index in [0.717, 1.165) is 71.8 Å². The van der Waals surface area contributed by atoms with Gasteiger partial charge in [-0.15, -0.1) is 0 Å². The minimum atomic E-state index is 0.540. The fourth-order valence-corrected chi connectivity index (χ4v) is 5.50. The molecule has 0 saturated carbocycles. The molecule has 0 unspecified atom stereocenters. The van der Waals surface area contributed by atoms with Crippen molar-refractivity contribution < 1.29 is 4.74 Å². The first kappa shape index (κ1) is 23.5. The van der Waals surface area contributed by atoms with Gasteiger partial charge in [0.15, 0.2) is 0 Å². The molecule has 188 valence electrons. The van der Waals surface area contributed by atoms with Gasteiger partial charge < -0.3 is 20.7 Å². The highest BCUT2D eigenvalue weighted by Crippen LogP contribution is 2.38. The Morgan fingerprint density at radius 2 is 1.76 bits per heavy atom. The van der Waals surface area contributed by atoms with Gasteiger partial charge in [0.2, 0.25) is 0 Å². The van der Waals surface area contributed by atoms with Crippen LogP contribution in [0.4, 0.5) is 11.6 Å². The molecule has 0 spiro atoms. The van der Waals surface area contributed by atoms with Crippen molar-refractivity contribution in [2.45, 2.75) is 25.9 Å². The summed E-state index contributed by atoms with van der Waals surface area (Å²) in [4.78, 5) is 11.5. The molecule has 2 aliphatic heterocycles. The van der Waals surface area contributed by atoms with Crippen LogP contribution in [-0.4, -0.2) is 36.1 Å². The Morgan fingerprint density at radius 3 is 2.62 bits per heavy atom. The first-order valence-electron chi connectivity index (χ1n) is 13.2. The molecule has 3 heterocycles. The van der Waals surface area contributed by atoms with E-state index in [1.54, 1.807) is 6.33 Å². The smallest absolute Gasteiger partial charge is 0.142 e. The van der Waals surface area contributed by atoms with E-state index < -0.39 is 0 Å². The van der Waals surface area contributed by atoms with Crippen molar-refractivity contribution in [1.82, 2.24) is 15.3 Å².